The average Bonchev–Trinajstić information content (AvgIpc) is 3.32. The van der Waals surface area contributed by atoms with Gasteiger partial charge in [0.2, 0.25) is 11.8 Å². The highest BCUT2D eigenvalue weighted by atomic mass is 32.2. The first-order valence-corrected chi connectivity index (χ1v) is 8.83. The summed E-state index contributed by atoms with van der Waals surface area (Å²) in [5.74, 6) is -0.703. The Hall–Kier alpha value is -2.42. The highest BCUT2D eigenvalue weighted by molar-refractivity contribution is 7.99. The lowest BCUT2D eigenvalue weighted by atomic mass is 10.3. The van der Waals surface area contributed by atoms with Gasteiger partial charge in [-0.25, -0.2) is 4.39 Å². The molecule has 0 spiro atoms. The summed E-state index contributed by atoms with van der Waals surface area (Å²) in [7, 11) is 1.57. The maximum Gasteiger partial charge on any atom is 0.243 e. The molecule has 2 amide bonds. The Kier molecular flexibility index (Phi) is 5.32. The van der Waals surface area contributed by atoms with Crippen LogP contribution >= 0.6 is 11.8 Å². The van der Waals surface area contributed by atoms with Gasteiger partial charge in [0.25, 0.3) is 0 Å². The van der Waals surface area contributed by atoms with Gasteiger partial charge < -0.3 is 14.8 Å². The molecule has 1 heterocycles. The molecule has 0 aliphatic heterocycles. The third-order valence-electron chi connectivity index (χ3n) is 3.74. The molecule has 1 fully saturated rings. The number of nitrogens with zero attached hydrogens (tertiary/aromatic N) is 4. The summed E-state index contributed by atoms with van der Waals surface area (Å²) < 4.78 is 14.8. The van der Waals surface area contributed by atoms with Crippen molar-refractivity contribution in [3.63, 3.8) is 0 Å². The Morgan fingerprint density at radius 2 is 2.08 bits per heavy atom. The van der Waals surface area contributed by atoms with Gasteiger partial charge in [-0.15, -0.1) is 10.2 Å². The lowest BCUT2D eigenvalue weighted by Gasteiger charge is -2.16. The van der Waals surface area contributed by atoms with E-state index in [1.165, 1.54) is 40.9 Å². The van der Waals surface area contributed by atoms with Crippen LogP contribution in [0, 0.1) is 5.82 Å². The third kappa shape index (κ3) is 4.79. The number of carbonyl (C=O) groups excluding carboxylic acids is 2. The van der Waals surface area contributed by atoms with Crippen LogP contribution < -0.4 is 5.32 Å². The summed E-state index contributed by atoms with van der Waals surface area (Å²) >= 11 is 1.32. The Morgan fingerprint density at radius 1 is 1.36 bits per heavy atom. The molecule has 0 saturated heterocycles. The molecule has 3 rings (SSSR count). The zero-order chi connectivity index (χ0) is 17.8. The van der Waals surface area contributed by atoms with E-state index in [1.54, 1.807) is 13.4 Å². The molecule has 1 aromatic heterocycles. The van der Waals surface area contributed by atoms with Gasteiger partial charge in [-0.05, 0) is 37.1 Å². The summed E-state index contributed by atoms with van der Waals surface area (Å²) in [5, 5.41) is 11.3. The van der Waals surface area contributed by atoms with Crippen molar-refractivity contribution < 1.29 is 14.0 Å². The number of hydrogen-bond donors (Lipinski definition) is 1. The van der Waals surface area contributed by atoms with Gasteiger partial charge in [0.05, 0.1) is 12.3 Å². The number of likely N-dealkylation sites (N-methyl/N-ethyl adjacent to an activating group) is 1. The first-order chi connectivity index (χ1) is 12.0. The maximum atomic E-state index is 12.8. The first kappa shape index (κ1) is 17.4. The number of aromatic nitrogens is 3. The van der Waals surface area contributed by atoms with Crippen LogP contribution in [0.2, 0.25) is 0 Å². The molecule has 9 heteroatoms. The Balaban J connectivity index is 1.46. The van der Waals surface area contributed by atoms with Gasteiger partial charge >= 0.3 is 0 Å². The molecule has 1 saturated carbocycles. The SMILES string of the molecule is CN(CC(=O)Nc1ccc(F)cc1)C(=O)CSc1nncn1C1CC1. The van der Waals surface area contributed by atoms with Crippen molar-refractivity contribution >= 4 is 29.3 Å². The summed E-state index contributed by atoms with van der Waals surface area (Å²) in [6, 6.07) is 5.91. The zero-order valence-corrected chi connectivity index (χ0v) is 14.5. The quantitative estimate of drug-likeness (QED) is 0.761. The summed E-state index contributed by atoms with van der Waals surface area (Å²) in [6.07, 6.45) is 3.91. The minimum Gasteiger partial charge on any atom is -0.336 e. The smallest absolute Gasteiger partial charge is 0.243 e. The van der Waals surface area contributed by atoms with Crippen LogP contribution in [0.5, 0.6) is 0 Å². The second-order valence-electron chi connectivity index (χ2n) is 5.85. The van der Waals surface area contributed by atoms with Crippen LogP contribution in [0.3, 0.4) is 0 Å². The van der Waals surface area contributed by atoms with Gasteiger partial charge in [0, 0.05) is 18.8 Å². The minimum atomic E-state index is -0.374. The van der Waals surface area contributed by atoms with Gasteiger partial charge in [0.1, 0.15) is 12.1 Å². The van der Waals surface area contributed by atoms with Gasteiger partial charge in [-0.1, -0.05) is 11.8 Å². The molecule has 0 unspecified atom stereocenters. The second-order valence-corrected chi connectivity index (χ2v) is 6.79. The molecule has 25 heavy (non-hydrogen) atoms. The summed E-state index contributed by atoms with van der Waals surface area (Å²) in [5.41, 5.74) is 0.485. The topological polar surface area (TPSA) is 80.1 Å². The molecule has 1 aliphatic carbocycles. The molecule has 0 radical (unpaired) electrons. The standard InChI is InChI=1S/C16H18FN5O2S/c1-21(8-14(23)19-12-4-2-11(17)3-5-12)15(24)9-25-16-20-18-10-22(16)13-6-7-13/h2-5,10,13H,6-9H2,1H3,(H,19,23). The number of hydrogen-bond acceptors (Lipinski definition) is 5. The average molecular weight is 363 g/mol. The molecule has 1 aliphatic rings. The largest absolute Gasteiger partial charge is 0.336 e. The second kappa shape index (κ2) is 7.64. The summed E-state index contributed by atoms with van der Waals surface area (Å²) in [6.45, 7) is -0.0773. The molecule has 7 nitrogen and oxygen atoms in total. The maximum absolute atomic E-state index is 12.8. The lowest BCUT2D eigenvalue weighted by Crippen LogP contribution is -2.36. The molecule has 0 atom stereocenters. The number of thioether (sulfide) groups is 1. The van der Waals surface area contributed by atoms with Gasteiger partial charge in [-0.3, -0.25) is 9.59 Å². The van der Waals surface area contributed by atoms with E-state index in [2.05, 4.69) is 15.5 Å². The number of halogens is 1. The van der Waals surface area contributed by atoms with Crippen LogP contribution in [-0.2, 0) is 9.59 Å². The molecule has 0 bridgehead atoms. The van der Waals surface area contributed by atoms with Crippen molar-refractivity contribution in [2.75, 3.05) is 24.7 Å². The monoisotopic (exact) mass is 363 g/mol. The van der Waals surface area contributed by atoms with E-state index in [1.807, 2.05) is 4.57 Å². The first-order valence-electron chi connectivity index (χ1n) is 7.84. The van der Waals surface area contributed by atoms with Crippen molar-refractivity contribution in [3.8, 4) is 0 Å². The van der Waals surface area contributed by atoms with Crippen LogP contribution in [0.25, 0.3) is 0 Å². The van der Waals surface area contributed by atoms with E-state index < -0.39 is 0 Å². The fraction of sp³-hybridized carbons (Fsp3) is 0.375. The third-order valence-corrected chi connectivity index (χ3v) is 4.68. The molecular formula is C16H18FN5O2S. The Labute approximate surface area is 148 Å². The van der Waals surface area contributed by atoms with Crippen LogP contribution in [-0.4, -0.2) is 50.8 Å². The van der Waals surface area contributed by atoms with E-state index >= 15 is 0 Å². The van der Waals surface area contributed by atoms with Crippen LogP contribution in [0.4, 0.5) is 10.1 Å². The number of benzene rings is 1. The van der Waals surface area contributed by atoms with Crippen molar-refractivity contribution in [3.05, 3.63) is 36.4 Å². The van der Waals surface area contributed by atoms with E-state index in [4.69, 9.17) is 0 Å². The van der Waals surface area contributed by atoms with E-state index in [-0.39, 0.29) is 29.9 Å². The summed E-state index contributed by atoms with van der Waals surface area (Å²) in [4.78, 5) is 25.5. The number of amides is 2. The van der Waals surface area contributed by atoms with Crippen molar-refractivity contribution in [1.29, 1.82) is 0 Å². The fourth-order valence-electron chi connectivity index (χ4n) is 2.21. The van der Waals surface area contributed by atoms with E-state index in [0.29, 0.717) is 11.7 Å². The lowest BCUT2D eigenvalue weighted by molar-refractivity contribution is -0.131. The molecule has 132 valence electrons. The molecular weight excluding hydrogens is 345 g/mol. The van der Waals surface area contributed by atoms with Crippen molar-refractivity contribution in [2.45, 2.75) is 24.0 Å². The van der Waals surface area contributed by atoms with Gasteiger partial charge in [-0.2, -0.15) is 0 Å². The number of anilines is 1. The number of carbonyl (C=O) groups is 2. The molecule has 1 aromatic carbocycles. The Morgan fingerprint density at radius 3 is 2.76 bits per heavy atom. The van der Waals surface area contributed by atoms with Crippen molar-refractivity contribution in [1.82, 2.24) is 19.7 Å². The zero-order valence-electron chi connectivity index (χ0n) is 13.7. The predicted molar refractivity (Wildman–Crippen MR) is 91.7 cm³/mol. The predicted octanol–water partition coefficient (Wildman–Crippen LogP) is 1.94. The highest BCUT2D eigenvalue weighted by Gasteiger charge is 2.26. The van der Waals surface area contributed by atoms with E-state index in [9.17, 15) is 14.0 Å². The minimum absolute atomic E-state index is 0.0773. The Bertz CT molecular complexity index is 760. The molecule has 2 aromatic rings. The fourth-order valence-corrected chi connectivity index (χ4v) is 3.14. The van der Waals surface area contributed by atoms with Crippen LogP contribution in [0.1, 0.15) is 18.9 Å². The molecule has 1 N–H and O–H groups in total. The van der Waals surface area contributed by atoms with Crippen LogP contribution in [0.15, 0.2) is 35.7 Å². The van der Waals surface area contributed by atoms with E-state index in [0.717, 1.165) is 18.0 Å². The normalized spacial score (nSPS) is 13.5. The van der Waals surface area contributed by atoms with Gasteiger partial charge in [0.15, 0.2) is 5.16 Å². The highest BCUT2D eigenvalue weighted by Crippen LogP contribution is 2.37. The number of rotatable bonds is 7. The number of nitrogens with one attached hydrogen (secondary N) is 1. The van der Waals surface area contributed by atoms with Crippen molar-refractivity contribution in [2.24, 2.45) is 0 Å².